The Balaban J connectivity index is 1.59. The minimum absolute atomic E-state index is 0.0360. The zero-order chi connectivity index (χ0) is 21.4. The molecule has 3 aromatic rings. The first-order valence-corrected chi connectivity index (χ1v) is 10.4. The normalized spacial score (nSPS) is 15.6. The summed E-state index contributed by atoms with van der Waals surface area (Å²) < 4.78 is 41.2. The van der Waals surface area contributed by atoms with Gasteiger partial charge in [0.2, 0.25) is 5.91 Å². The molecule has 0 spiro atoms. The van der Waals surface area contributed by atoms with Crippen molar-refractivity contribution in [1.29, 1.82) is 0 Å². The Morgan fingerprint density at radius 2 is 1.83 bits per heavy atom. The fourth-order valence-electron chi connectivity index (χ4n) is 3.69. The van der Waals surface area contributed by atoms with E-state index in [1.165, 1.54) is 23.5 Å². The molecular weight excluding hydrogens is 411 g/mol. The topological polar surface area (TPSA) is 59.2 Å². The Labute approximate surface area is 176 Å². The number of rotatable bonds is 4. The van der Waals surface area contributed by atoms with Crippen LogP contribution in [0.3, 0.4) is 0 Å². The zero-order valence-electron chi connectivity index (χ0n) is 16.2. The van der Waals surface area contributed by atoms with Crippen molar-refractivity contribution in [3.05, 3.63) is 76.1 Å². The van der Waals surface area contributed by atoms with Gasteiger partial charge >= 0.3 is 0 Å². The molecule has 0 saturated carbocycles. The van der Waals surface area contributed by atoms with Gasteiger partial charge in [-0.15, -0.1) is 11.3 Å². The van der Waals surface area contributed by atoms with Gasteiger partial charge in [-0.3, -0.25) is 4.79 Å². The highest BCUT2D eigenvalue weighted by molar-refractivity contribution is 7.15. The van der Waals surface area contributed by atoms with Gasteiger partial charge in [-0.25, -0.2) is 18.2 Å². The number of nitrogens with two attached hydrogens (primary N) is 1. The van der Waals surface area contributed by atoms with Crippen LogP contribution in [0.25, 0.3) is 10.6 Å². The van der Waals surface area contributed by atoms with Gasteiger partial charge < -0.3 is 10.6 Å². The first-order valence-electron chi connectivity index (χ1n) is 9.57. The van der Waals surface area contributed by atoms with Crippen LogP contribution in [-0.4, -0.2) is 28.4 Å². The molecule has 156 valence electrons. The fourth-order valence-corrected chi connectivity index (χ4v) is 4.76. The van der Waals surface area contributed by atoms with Gasteiger partial charge in [0.05, 0.1) is 18.2 Å². The third-order valence-electron chi connectivity index (χ3n) is 5.22. The second kappa shape index (κ2) is 8.20. The number of thiazole rings is 1. The van der Waals surface area contributed by atoms with E-state index >= 15 is 0 Å². The lowest BCUT2D eigenvalue weighted by Gasteiger charge is -2.31. The van der Waals surface area contributed by atoms with Crippen LogP contribution in [-0.2, 0) is 17.8 Å². The summed E-state index contributed by atoms with van der Waals surface area (Å²) in [7, 11) is 0. The van der Waals surface area contributed by atoms with E-state index in [1.807, 2.05) is 0 Å². The number of carbonyl (C=O) groups is 1. The van der Waals surface area contributed by atoms with Gasteiger partial charge in [0.25, 0.3) is 0 Å². The molecule has 2 atom stereocenters. The Morgan fingerprint density at radius 1 is 1.13 bits per heavy atom. The molecule has 30 heavy (non-hydrogen) atoms. The molecule has 0 bridgehead atoms. The first-order chi connectivity index (χ1) is 14.3. The Bertz CT molecular complexity index is 1080. The molecule has 0 radical (unpaired) electrons. The molecule has 4 rings (SSSR count). The summed E-state index contributed by atoms with van der Waals surface area (Å²) in [6, 6.07) is 8.46. The summed E-state index contributed by atoms with van der Waals surface area (Å²) in [4.78, 5) is 20.5. The van der Waals surface area contributed by atoms with E-state index in [9.17, 15) is 18.0 Å². The third kappa shape index (κ3) is 3.97. The standard InChI is InChI=1S/C22H20F3N3OS/c1-12(26)20(16-10-15(24)6-7-17(16)25)22(29)28-9-8-19-18(11-28)27-21(30-19)13-2-4-14(23)5-3-13/h2-7,10,12,20H,8-9,11,26H2,1H3/t12-,20?/m1/s1. The molecule has 0 aliphatic carbocycles. The molecule has 2 N–H and O–H groups in total. The summed E-state index contributed by atoms with van der Waals surface area (Å²) in [5.41, 5.74) is 7.54. The van der Waals surface area contributed by atoms with Crippen LogP contribution < -0.4 is 5.73 Å². The number of carbonyl (C=O) groups excluding carboxylic acids is 1. The average molecular weight is 431 g/mol. The maximum atomic E-state index is 14.3. The number of aromatic nitrogens is 1. The summed E-state index contributed by atoms with van der Waals surface area (Å²) in [5, 5.41) is 0.759. The van der Waals surface area contributed by atoms with E-state index < -0.39 is 23.6 Å². The summed E-state index contributed by atoms with van der Waals surface area (Å²) in [6.45, 7) is 2.32. The number of nitrogens with zero attached hydrogens (tertiary/aromatic N) is 2. The van der Waals surface area contributed by atoms with Crippen molar-refractivity contribution < 1.29 is 18.0 Å². The van der Waals surface area contributed by atoms with Crippen LogP contribution >= 0.6 is 11.3 Å². The lowest BCUT2D eigenvalue weighted by atomic mass is 9.90. The molecule has 0 saturated heterocycles. The molecule has 1 unspecified atom stereocenters. The maximum absolute atomic E-state index is 14.3. The molecule has 2 aromatic carbocycles. The predicted octanol–water partition coefficient (Wildman–Crippen LogP) is 4.24. The van der Waals surface area contributed by atoms with Crippen molar-refractivity contribution in [2.45, 2.75) is 31.8 Å². The molecule has 1 amide bonds. The number of hydrogen-bond acceptors (Lipinski definition) is 4. The van der Waals surface area contributed by atoms with Crippen molar-refractivity contribution in [2.24, 2.45) is 5.73 Å². The molecule has 2 heterocycles. The molecule has 8 heteroatoms. The minimum atomic E-state index is -0.988. The van der Waals surface area contributed by atoms with E-state index in [1.54, 1.807) is 24.0 Å². The van der Waals surface area contributed by atoms with E-state index in [4.69, 9.17) is 5.73 Å². The maximum Gasteiger partial charge on any atom is 0.232 e. The van der Waals surface area contributed by atoms with E-state index in [-0.39, 0.29) is 23.8 Å². The van der Waals surface area contributed by atoms with Crippen LogP contribution in [0.2, 0.25) is 0 Å². The van der Waals surface area contributed by atoms with Crippen molar-refractivity contribution in [3.8, 4) is 10.6 Å². The number of fused-ring (bicyclic) bond motifs is 1. The predicted molar refractivity (Wildman–Crippen MR) is 109 cm³/mol. The van der Waals surface area contributed by atoms with Crippen LogP contribution in [0.1, 0.15) is 29.0 Å². The van der Waals surface area contributed by atoms with Crippen molar-refractivity contribution in [3.63, 3.8) is 0 Å². The number of halogens is 3. The fraction of sp³-hybridized carbons (Fsp3) is 0.273. The monoisotopic (exact) mass is 431 g/mol. The van der Waals surface area contributed by atoms with Crippen LogP contribution in [0.15, 0.2) is 42.5 Å². The number of benzene rings is 2. The SMILES string of the molecule is C[C@@H](N)C(C(=O)N1CCc2sc(-c3ccc(F)cc3)nc2C1)c1cc(F)ccc1F. The highest BCUT2D eigenvalue weighted by Gasteiger charge is 2.34. The molecule has 1 aliphatic rings. The lowest BCUT2D eigenvalue weighted by molar-refractivity contribution is -0.134. The van der Waals surface area contributed by atoms with Crippen LogP contribution in [0.5, 0.6) is 0 Å². The van der Waals surface area contributed by atoms with E-state index in [2.05, 4.69) is 4.98 Å². The third-order valence-corrected chi connectivity index (χ3v) is 6.42. The Morgan fingerprint density at radius 3 is 2.53 bits per heavy atom. The van der Waals surface area contributed by atoms with Gasteiger partial charge in [-0.05, 0) is 49.4 Å². The first kappa shape index (κ1) is 20.6. The second-order valence-electron chi connectivity index (χ2n) is 7.41. The summed E-state index contributed by atoms with van der Waals surface area (Å²) >= 11 is 1.52. The average Bonchev–Trinajstić information content (AvgIpc) is 3.14. The quantitative estimate of drug-likeness (QED) is 0.672. The molecule has 1 aromatic heterocycles. The van der Waals surface area contributed by atoms with Crippen molar-refractivity contribution in [1.82, 2.24) is 9.88 Å². The van der Waals surface area contributed by atoms with E-state index in [0.717, 1.165) is 39.3 Å². The van der Waals surface area contributed by atoms with Crippen LogP contribution in [0, 0.1) is 17.5 Å². The van der Waals surface area contributed by atoms with Gasteiger partial charge in [0, 0.05) is 35.0 Å². The Hall–Kier alpha value is -2.71. The highest BCUT2D eigenvalue weighted by Crippen LogP contribution is 2.33. The molecule has 1 aliphatic heterocycles. The van der Waals surface area contributed by atoms with Gasteiger partial charge in [-0.2, -0.15) is 0 Å². The lowest BCUT2D eigenvalue weighted by Crippen LogP contribution is -2.44. The van der Waals surface area contributed by atoms with E-state index in [0.29, 0.717) is 13.0 Å². The smallest absolute Gasteiger partial charge is 0.232 e. The van der Waals surface area contributed by atoms with Crippen molar-refractivity contribution in [2.75, 3.05) is 6.54 Å². The largest absolute Gasteiger partial charge is 0.336 e. The Kier molecular flexibility index (Phi) is 5.62. The van der Waals surface area contributed by atoms with Gasteiger partial charge in [0.15, 0.2) is 0 Å². The number of amides is 1. The van der Waals surface area contributed by atoms with Gasteiger partial charge in [-0.1, -0.05) is 0 Å². The van der Waals surface area contributed by atoms with Crippen molar-refractivity contribution >= 4 is 17.2 Å². The number of hydrogen-bond donors (Lipinski definition) is 1. The summed E-state index contributed by atoms with van der Waals surface area (Å²) in [5.74, 6) is -2.93. The second-order valence-corrected chi connectivity index (χ2v) is 8.49. The molecular formula is C22H20F3N3OS. The zero-order valence-corrected chi connectivity index (χ0v) is 17.1. The summed E-state index contributed by atoms with van der Waals surface area (Å²) in [6.07, 6.45) is 0.608. The molecule has 0 fully saturated rings. The minimum Gasteiger partial charge on any atom is -0.336 e. The molecule has 4 nitrogen and oxygen atoms in total. The van der Waals surface area contributed by atoms with Crippen LogP contribution in [0.4, 0.5) is 13.2 Å². The highest BCUT2D eigenvalue weighted by atomic mass is 32.1. The van der Waals surface area contributed by atoms with Gasteiger partial charge in [0.1, 0.15) is 22.5 Å².